The van der Waals surface area contributed by atoms with Gasteiger partial charge in [0.2, 0.25) is 0 Å². The Morgan fingerprint density at radius 3 is 2.92 bits per heavy atom. The van der Waals surface area contributed by atoms with Crippen molar-refractivity contribution >= 4 is 43.5 Å². The maximum Gasteiger partial charge on any atom is 0.352 e. The second-order valence-corrected chi connectivity index (χ2v) is 4.75. The van der Waals surface area contributed by atoms with Crippen LogP contribution in [0.1, 0.15) is 10.5 Å². The largest absolute Gasteiger partial charge is 0.477 e. The Kier molecular flexibility index (Phi) is 1.69. The highest BCUT2D eigenvalue weighted by Crippen LogP contribution is 2.29. The first kappa shape index (κ1) is 7.82. The summed E-state index contributed by atoms with van der Waals surface area (Å²) in [6.45, 7) is 0. The number of carbonyl (C=O) groups is 1. The fourth-order valence-electron chi connectivity index (χ4n) is 1.01. The van der Waals surface area contributed by atoms with E-state index in [0.717, 1.165) is 14.0 Å². The molecule has 0 saturated carbocycles. The smallest absolute Gasteiger partial charge is 0.352 e. The number of halogens is 1. The molecular formula is C7H4BrNO2S. The first-order valence-corrected chi connectivity index (χ1v) is 4.79. The van der Waals surface area contributed by atoms with Crippen molar-refractivity contribution in [3.05, 3.63) is 21.6 Å². The van der Waals surface area contributed by atoms with Crippen LogP contribution < -0.4 is 0 Å². The quantitative estimate of drug-likeness (QED) is 0.812. The Morgan fingerprint density at radius 2 is 2.33 bits per heavy atom. The molecule has 0 aliphatic heterocycles. The lowest BCUT2D eigenvalue weighted by Crippen LogP contribution is -1.94. The molecule has 62 valence electrons. The van der Waals surface area contributed by atoms with E-state index in [0.29, 0.717) is 0 Å². The first-order valence-electron chi connectivity index (χ1n) is 3.18. The second-order valence-electron chi connectivity index (χ2n) is 2.32. The van der Waals surface area contributed by atoms with E-state index in [4.69, 9.17) is 5.11 Å². The van der Waals surface area contributed by atoms with E-state index < -0.39 is 5.97 Å². The topological polar surface area (TPSA) is 53.1 Å². The van der Waals surface area contributed by atoms with Crippen molar-refractivity contribution in [3.8, 4) is 0 Å². The van der Waals surface area contributed by atoms with Crippen molar-refractivity contribution in [3.63, 3.8) is 0 Å². The molecule has 0 bridgehead atoms. The van der Waals surface area contributed by atoms with Gasteiger partial charge in [0.05, 0.1) is 3.79 Å². The molecule has 0 aliphatic carbocycles. The van der Waals surface area contributed by atoms with Crippen molar-refractivity contribution in [1.29, 1.82) is 0 Å². The minimum atomic E-state index is -0.922. The normalized spacial score (nSPS) is 10.8. The maximum atomic E-state index is 10.5. The summed E-state index contributed by atoms with van der Waals surface area (Å²) in [7, 11) is 0. The van der Waals surface area contributed by atoms with Gasteiger partial charge in [-0.1, -0.05) is 0 Å². The Labute approximate surface area is 80.2 Å². The number of hydrogen-bond acceptors (Lipinski definition) is 2. The Balaban J connectivity index is 2.64. The lowest BCUT2D eigenvalue weighted by molar-refractivity contribution is 0.0691. The van der Waals surface area contributed by atoms with Gasteiger partial charge in [-0.25, -0.2) is 4.79 Å². The van der Waals surface area contributed by atoms with Crippen molar-refractivity contribution < 1.29 is 9.90 Å². The van der Waals surface area contributed by atoms with Gasteiger partial charge in [0.15, 0.2) is 0 Å². The molecule has 12 heavy (non-hydrogen) atoms. The molecule has 0 unspecified atom stereocenters. The summed E-state index contributed by atoms with van der Waals surface area (Å²) >= 11 is 4.80. The standard InChI is InChI=1S/C7H4BrNO2S/c8-5-2-3-1-4(7(10)11)9-6(3)12-5/h1-2,9H,(H,10,11). The van der Waals surface area contributed by atoms with Crippen LogP contribution >= 0.6 is 27.3 Å². The minimum Gasteiger partial charge on any atom is -0.477 e. The van der Waals surface area contributed by atoms with E-state index >= 15 is 0 Å². The second kappa shape index (κ2) is 2.60. The highest BCUT2D eigenvalue weighted by Gasteiger charge is 2.08. The van der Waals surface area contributed by atoms with Gasteiger partial charge in [-0.15, -0.1) is 11.3 Å². The van der Waals surface area contributed by atoms with Gasteiger partial charge >= 0.3 is 5.97 Å². The number of nitrogens with one attached hydrogen (secondary N) is 1. The molecule has 0 aliphatic rings. The van der Waals surface area contributed by atoms with E-state index in [9.17, 15) is 4.79 Å². The van der Waals surface area contributed by atoms with Crippen LogP contribution in [0.3, 0.4) is 0 Å². The van der Waals surface area contributed by atoms with Gasteiger partial charge in [-0.05, 0) is 28.1 Å². The third kappa shape index (κ3) is 1.15. The number of rotatable bonds is 1. The van der Waals surface area contributed by atoms with Gasteiger partial charge < -0.3 is 10.1 Å². The molecule has 0 spiro atoms. The molecule has 2 rings (SSSR count). The average molecular weight is 246 g/mol. The van der Waals surface area contributed by atoms with E-state index in [1.807, 2.05) is 6.07 Å². The van der Waals surface area contributed by atoms with Crippen LogP contribution in [0.2, 0.25) is 0 Å². The molecule has 2 aromatic heterocycles. The summed E-state index contributed by atoms with van der Waals surface area (Å²) in [6, 6.07) is 3.52. The lowest BCUT2D eigenvalue weighted by atomic mass is 10.4. The van der Waals surface area contributed by atoms with Gasteiger partial charge in [0.1, 0.15) is 10.5 Å². The minimum absolute atomic E-state index is 0.240. The highest BCUT2D eigenvalue weighted by molar-refractivity contribution is 9.11. The SMILES string of the molecule is O=C(O)c1cc2cc(Br)sc2[nH]1. The molecule has 0 atom stereocenters. The van der Waals surface area contributed by atoms with Gasteiger partial charge in [-0.3, -0.25) is 0 Å². The maximum absolute atomic E-state index is 10.5. The van der Waals surface area contributed by atoms with Gasteiger partial charge in [0.25, 0.3) is 0 Å². The number of fused-ring (bicyclic) bond motifs is 1. The van der Waals surface area contributed by atoms with E-state index in [1.54, 1.807) is 6.07 Å². The van der Waals surface area contributed by atoms with Crippen LogP contribution in [0, 0.1) is 0 Å². The van der Waals surface area contributed by atoms with Gasteiger partial charge in [0, 0.05) is 5.39 Å². The molecule has 3 nitrogen and oxygen atoms in total. The van der Waals surface area contributed by atoms with Crippen molar-refractivity contribution in [2.75, 3.05) is 0 Å². The third-order valence-corrected chi connectivity index (χ3v) is 3.08. The summed E-state index contributed by atoms with van der Waals surface area (Å²) in [5.74, 6) is -0.922. The molecule has 5 heteroatoms. The summed E-state index contributed by atoms with van der Waals surface area (Å²) in [6.07, 6.45) is 0. The van der Waals surface area contributed by atoms with Gasteiger partial charge in [-0.2, -0.15) is 0 Å². The Bertz CT molecular complexity index is 414. The summed E-state index contributed by atoms with van der Waals surface area (Å²) < 4.78 is 1.00. The molecule has 0 aromatic carbocycles. The Hall–Kier alpha value is -0.810. The summed E-state index contributed by atoms with van der Waals surface area (Å²) in [4.78, 5) is 14.2. The lowest BCUT2D eigenvalue weighted by Gasteiger charge is -1.83. The zero-order valence-corrected chi connectivity index (χ0v) is 8.20. The monoisotopic (exact) mass is 245 g/mol. The first-order chi connectivity index (χ1) is 5.66. The average Bonchev–Trinajstić information content (AvgIpc) is 2.42. The molecule has 2 aromatic rings. The van der Waals surface area contributed by atoms with Crippen molar-refractivity contribution in [1.82, 2.24) is 4.98 Å². The van der Waals surface area contributed by atoms with Crippen LogP contribution in [0.25, 0.3) is 10.2 Å². The van der Waals surface area contributed by atoms with Crippen LogP contribution in [0.5, 0.6) is 0 Å². The predicted molar refractivity (Wildman–Crippen MR) is 50.8 cm³/mol. The molecule has 0 fully saturated rings. The zero-order chi connectivity index (χ0) is 8.72. The number of aromatic amines is 1. The number of carboxylic acid groups (broad SMARTS) is 1. The summed E-state index contributed by atoms with van der Waals surface area (Å²) in [5, 5.41) is 9.57. The van der Waals surface area contributed by atoms with E-state index in [1.165, 1.54) is 11.3 Å². The van der Waals surface area contributed by atoms with Crippen LogP contribution in [-0.2, 0) is 0 Å². The number of thiophene rings is 1. The molecule has 0 amide bonds. The number of H-pyrrole nitrogens is 1. The zero-order valence-electron chi connectivity index (χ0n) is 5.80. The third-order valence-electron chi connectivity index (χ3n) is 1.51. The highest BCUT2D eigenvalue weighted by atomic mass is 79.9. The molecule has 0 radical (unpaired) electrons. The van der Waals surface area contributed by atoms with Crippen molar-refractivity contribution in [2.45, 2.75) is 0 Å². The van der Waals surface area contributed by atoms with Crippen LogP contribution in [0.4, 0.5) is 0 Å². The summed E-state index contributed by atoms with van der Waals surface area (Å²) in [5.41, 5.74) is 0.240. The molecule has 2 N–H and O–H groups in total. The van der Waals surface area contributed by atoms with Crippen molar-refractivity contribution in [2.24, 2.45) is 0 Å². The molecule has 0 saturated heterocycles. The van der Waals surface area contributed by atoms with E-state index in [-0.39, 0.29) is 5.69 Å². The molecular weight excluding hydrogens is 242 g/mol. The predicted octanol–water partition coefficient (Wildman–Crippen LogP) is 2.69. The number of aromatic carboxylic acids is 1. The number of hydrogen-bond donors (Lipinski definition) is 2. The number of aromatic nitrogens is 1. The molecule has 2 heterocycles. The van der Waals surface area contributed by atoms with Crippen LogP contribution in [0.15, 0.2) is 15.9 Å². The van der Waals surface area contributed by atoms with E-state index in [2.05, 4.69) is 20.9 Å². The Morgan fingerprint density at radius 1 is 1.58 bits per heavy atom. The van der Waals surface area contributed by atoms with Crippen LogP contribution in [-0.4, -0.2) is 16.1 Å². The number of carboxylic acids is 1. The fraction of sp³-hybridized carbons (Fsp3) is 0. The fourth-order valence-corrected chi connectivity index (χ4v) is 2.52.